The molecule has 0 aliphatic carbocycles. The minimum absolute atomic E-state index is 0.0248. The number of nitrogens with one attached hydrogen (secondary N) is 1. The number of esters is 2. The van der Waals surface area contributed by atoms with Crippen molar-refractivity contribution in [3.8, 4) is 0 Å². The summed E-state index contributed by atoms with van der Waals surface area (Å²) in [5, 5.41) is 7.15. The fraction of sp³-hybridized carbons (Fsp3) is 0.769. The molecule has 0 unspecified atom stereocenters. The highest BCUT2D eigenvalue weighted by atomic mass is 32.2. The van der Waals surface area contributed by atoms with E-state index in [1.807, 2.05) is 6.92 Å². The molecule has 1 fully saturated rings. The Morgan fingerprint density at radius 1 is 1.60 bits per heavy atom. The second kappa shape index (κ2) is 7.52. The number of carbonyl (C=O) groups excluding carboxylic acids is 2. The van der Waals surface area contributed by atoms with Crippen LogP contribution in [0, 0.1) is 10.8 Å². The molecule has 20 heavy (non-hydrogen) atoms. The summed E-state index contributed by atoms with van der Waals surface area (Å²) in [4.78, 5) is 24.3. The standard InChI is InChI=1S/C13H22N2O4S/c1-3-5-6-13(10(16)18-4-2)7-9(19-11(13)17)8-20-12(14)15/h9H,3-8H2,1-2H3,(H3,14,15)/t9-,13+/m1/s1. The van der Waals surface area contributed by atoms with E-state index in [1.165, 1.54) is 0 Å². The number of amidine groups is 1. The normalized spacial score (nSPS) is 25.3. The summed E-state index contributed by atoms with van der Waals surface area (Å²) in [5.74, 6) is -0.596. The predicted molar refractivity (Wildman–Crippen MR) is 77.5 cm³/mol. The van der Waals surface area contributed by atoms with Crippen LogP contribution in [0.1, 0.15) is 39.5 Å². The summed E-state index contributed by atoms with van der Waals surface area (Å²) in [6.07, 6.45) is 2.02. The summed E-state index contributed by atoms with van der Waals surface area (Å²) < 4.78 is 10.3. The lowest BCUT2D eigenvalue weighted by Crippen LogP contribution is -2.37. The monoisotopic (exact) mass is 302 g/mol. The van der Waals surface area contributed by atoms with E-state index in [-0.39, 0.29) is 11.8 Å². The fourth-order valence-corrected chi connectivity index (χ4v) is 2.83. The molecule has 1 aliphatic heterocycles. The minimum atomic E-state index is -1.17. The molecule has 114 valence electrons. The molecule has 1 heterocycles. The molecule has 0 spiro atoms. The molecule has 0 amide bonds. The van der Waals surface area contributed by atoms with Gasteiger partial charge in [0.15, 0.2) is 10.6 Å². The fourth-order valence-electron chi connectivity index (χ4n) is 2.27. The van der Waals surface area contributed by atoms with E-state index in [0.29, 0.717) is 18.6 Å². The Balaban J connectivity index is 2.79. The number of hydrogen-bond acceptors (Lipinski definition) is 6. The van der Waals surface area contributed by atoms with Gasteiger partial charge in [0.25, 0.3) is 0 Å². The van der Waals surface area contributed by atoms with Gasteiger partial charge in [-0.1, -0.05) is 31.5 Å². The third-order valence-corrected chi connectivity index (χ3v) is 4.14. The molecular formula is C13H22N2O4S. The van der Waals surface area contributed by atoms with Crippen molar-refractivity contribution < 1.29 is 19.1 Å². The van der Waals surface area contributed by atoms with Crippen LogP contribution in [-0.4, -0.2) is 35.6 Å². The molecule has 3 N–H and O–H groups in total. The zero-order chi connectivity index (χ0) is 15.2. The number of carbonyl (C=O) groups is 2. The number of rotatable bonds is 7. The Kier molecular flexibility index (Phi) is 6.32. The van der Waals surface area contributed by atoms with Gasteiger partial charge in [-0.05, 0) is 13.3 Å². The molecule has 0 aromatic rings. The summed E-state index contributed by atoms with van der Waals surface area (Å²) >= 11 is 1.11. The van der Waals surface area contributed by atoms with Gasteiger partial charge < -0.3 is 15.2 Å². The smallest absolute Gasteiger partial charge is 0.323 e. The van der Waals surface area contributed by atoms with E-state index >= 15 is 0 Å². The van der Waals surface area contributed by atoms with Gasteiger partial charge in [0.1, 0.15) is 6.10 Å². The first-order valence-electron chi connectivity index (χ1n) is 6.81. The van der Waals surface area contributed by atoms with Crippen molar-refractivity contribution in [2.45, 2.75) is 45.6 Å². The van der Waals surface area contributed by atoms with Crippen LogP contribution < -0.4 is 5.73 Å². The molecule has 0 saturated carbocycles. The lowest BCUT2D eigenvalue weighted by Gasteiger charge is -2.22. The van der Waals surface area contributed by atoms with Crippen LogP contribution in [0.4, 0.5) is 0 Å². The Labute approximate surface area is 123 Å². The maximum absolute atomic E-state index is 12.2. The quantitative estimate of drug-likeness (QED) is 0.321. The van der Waals surface area contributed by atoms with Crippen LogP contribution in [0.2, 0.25) is 0 Å². The molecular weight excluding hydrogens is 280 g/mol. The van der Waals surface area contributed by atoms with Gasteiger partial charge in [0, 0.05) is 12.2 Å². The number of cyclic esters (lactones) is 1. The molecule has 1 rings (SSSR count). The first kappa shape index (κ1) is 16.8. The van der Waals surface area contributed by atoms with Crippen LogP contribution in [0.25, 0.3) is 0 Å². The molecule has 0 aromatic heterocycles. The van der Waals surface area contributed by atoms with Gasteiger partial charge in [-0.25, -0.2) is 0 Å². The largest absolute Gasteiger partial charge is 0.465 e. The Morgan fingerprint density at radius 3 is 2.85 bits per heavy atom. The Morgan fingerprint density at radius 2 is 2.30 bits per heavy atom. The van der Waals surface area contributed by atoms with Gasteiger partial charge in [0.05, 0.1) is 6.61 Å². The zero-order valence-electron chi connectivity index (χ0n) is 11.9. The summed E-state index contributed by atoms with van der Waals surface area (Å²) in [6, 6.07) is 0. The van der Waals surface area contributed by atoms with Crippen molar-refractivity contribution in [2.75, 3.05) is 12.4 Å². The molecule has 2 atom stereocenters. The number of ether oxygens (including phenoxy) is 2. The number of thioether (sulfide) groups is 1. The SMILES string of the molecule is CCCC[C@@]1(C(=O)OCC)C[C@H](CSC(=N)N)OC1=O. The van der Waals surface area contributed by atoms with Gasteiger partial charge in [-0.3, -0.25) is 15.0 Å². The van der Waals surface area contributed by atoms with Crippen LogP contribution in [0.15, 0.2) is 0 Å². The lowest BCUT2D eigenvalue weighted by atomic mass is 9.80. The average Bonchev–Trinajstić information content (AvgIpc) is 2.72. The van der Waals surface area contributed by atoms with Crippen LogP contribution >= 0.6 is 11.8 Å². The highest BCUT2D eigenvalue weighted by molar-refractivity contribution is 8.13. The van der Waals surface area contributed by atoms with Gasteiger partial charge >= 0.3 is 11.9 Å². The van der Waals surface area contributed by atoms with E-state index in [9.17, 15) is 9.59 Å². The van der Waals surface area contributed by atoms with Crippen molar-refractivity contribution in [1.82, 2.24) is 0 Å². The molecule has 7 heteroatoms. The van der Waals surface area contributed by atoms with Crippen molar-refractivity contribution in [3.05, 3.63) is 0 Å². The van der Waals surface area contributed by atoms with E-state index in [2.05, 4.69) is 0 Å². The summed E-state index contributed by atoms with van der Waals surface area (Å²) in [6.45, 7) is 3.96. The highest BCUT2D eigenvalue weighted by Gasteiger charge is 2.55. The predicted octanol–water partition coefficient (Wildman–Crippen LogP) is 1.67. The molecule has 1 saturated heterocycles. The van der Waals surface area contributed by atoms with Crippen LogP contribution in [0.3, 0.4) is 0 Å². The third kappa shape index (κ3) is 3.88. The molecule has 0 aromatic carbocycles. The van der Waals surface area contributed by atoms with Crippen LogP contribution in [-0.2, 0) is 19.1 Å². The minimum Gasteiger partial charge on any atom is -0.465 e. The first-order chi connectivity index (χ1) is 9.46. The van der Waals surface area contributed by atoms with E-state index in [1.54, 1.807) is 6.92 Å². The maximum Gasteiger partial charge on any atom is 0.323 e. The molecule has 6 nitrogen and oxygen atoms in total. The number of hydrogen-bond donors (Lipinski definition) is 2. The van der Waals surface area contributed by atoms with Crippen LogP contribution in [0.5, 0.6) is 0 Å². The average molecular weight is 302 g/mol. The lowest BCUT2D eigenvalue weighted by molar-refractivity contribution is -0.165. The third-order valence-electron chi connectivity index (χ3n) is 3.29. The van der Waals surface area contributed by atoms with Crippen molar-refractivity contribution in [1.29, 1.82) is 5.41 Å². The van der Waals surface area contributed by atoms with Crippen molar-refractivity contribution >= 4 is 28.9 Å². The van der Waals surface area contributed by atoms with E-state index in [0.717, 1.165) is 24.6 Å². The van der Waals surface area contributed by atoms with E-state index < -0.39 is 23.5 Å². The Bertz CT molecular complexity index is 389. The van der Waals surface area contributed by atoms with E-state index in [4.69, 9.17) is 20.6 Å². The van der Waals surface area contributed by atoms with Crippen molar-refractivity contribution in [3.63, 3.8) is 0 Å². The summed E-state index contributed by atoms with van der Waals surface area (Å²) in [7, 11) is 0. The topological polar surface area (TPSA) is 102 Å². The second-order valence-corrected chi connectivity index (χ2v) is 5.87. The highest BCUT2D eigenvalue weighted by Crippen LogP contribution is 2.41. The maximum atomic E-state index is 12.2. The number of nitrogens with two attached hydrogens (primary N) is 1. The second-order valence-electron chi connectivity index (χ2n) is 4.81. The number of unbranched alkanes of at least 4 members (excludes halogenated alkanes) is 1. The van der Waals surface area contributed by atoms with Gasteiger partial charge in [-0.2, -0.15) is 0 Å². The molecule has 0 bridgehead atoms. The molecule has 1 aliphatic rings. The van der Waals surface area contributed by atoms with Gasteiger partial charge in [0.2, 0.25) is 0 Å². The summed E-state index contributed by atoms with van der Waals surface area (Å²) in [5.41, 5.74) is 4.10. The molecule has 0 radical (unpaired) electrons. The Hall–Kier alpha value is -1.24. The zero-order valence-corrected chi connectivity index (χ0v) is 12.8. The van der Waals surface area contributed by atoms with Gasteiger partial charge in [-0.15, -0.1) is 0 Å². The first-order valence-corrected chi connectivity index (χ1v) is 7.80. The van der Waals surface area contributed by atoms with Crippen molar-refractivity contribution in [2.24, 2.45) is 11.1 Å².